The normalized spacial score (nSPS) is 17.7. The average molecular weight is 267 g/mol. The van der Waals surface area contributed by atoms with Crippen LogP contribution in [0.4, 0.5) is 4.79 Å². The number of alkyl carbamates (subject to hydrolysis) is 1. The van der Waals surface area contributed by atoms with E-state index in [2.05, 4.69) is 5.32 Å². The molecule has 0 unspecified atom stereocenters. The van der Waals surface area contributed by atoms with Crippen LogP contribution in [0, 0.1) is 0 Å². The van der Waals surface area contributed by atoms with Crippen molar-refractivity contribution in [1.82, 2.24) is 5.32 Å². The molecule has 104 valence electrons. The SMILES string of the molecule is O=C(NC1(C(=O)O)CCCCC1)OCc1ccco1. The molecular formula is C13H17NO5. The summed E-state index contributed by atoms with van der Waals surface area (Å²) in [7, 11) is 0. The van der Waals surface area contributed by atoms with Crippen LogP contribution in [0.5, 0.6) is 0 Å². The number of nitrogens with one attached hydrogen (secondary N) is 1. The molecule has 2 N–H and O–H groups in total. The maximum absolute atomic E-state index is 11.7. The predicted molar refractivity (Wildman–Crippen MR) is 65.5 cm³/mol. The van der Waals surface area contributed by atoms with E-state index in [4.69, 9.17) is 9.15 Å². The quantitative estimate of drug-likeness (QED) is 0.873. The van der Waals surface area contributed by atoms with Crippen molar-refractivity contribution >= 4 is 12.1 Å². The van der Waals surface area contributed by atoms with Crippen LogP contribution < -0.4 is 5.32 Å². The molecule has 0 aliphatic heterocycles. The minimum absolute atomic E-state index is 0.00542. The first-order chi connectivity index (χ1) is 9.12. The molecule has 1 saturated carbocycles. The van der Waals surface area contributed by atoms with Crippen molar-refractivity contribution in [1.29, 1.82) is 0 Å². The fourth-order valence-electron chi connectivity index (χ4n) is 2.31. The second kappa shape index (κ2) is 5.77. The largest absolute Gasteiger partial charge is 0.480 e. The monoisotopic (exact) mass is 267 g/mol. The van der Waals surface area contributed by atoms with Gasteiger partial charge in [-0.25, -0.2) is 9.59 Å². The van der Waals surface area contributed by atoms with Gasteiger partial charge in [-0.3, -0.25) is 0 Å². The van der Waals surface area contributed by atoms with Gasteiger partial charge in [-0.05, 0) is 25.0 Å². The minimum Gasteiger partial charge on any atom is -0.480 e. The summed E-state index contributed by atoms with van der Waals surface area (Å²) in [5, 5.41) is 11.8. The van der Waals surface area contributed by atoms with Gasteiger partial charge >= 0.3 is 12.1 Å². The van der Waals surface area contributed by atoms with Gasteiger partial charge in [-0.1, -0.05) is 19.3 Å². The molecule has 1 aromatic heterocycles. The lowest BCUT2D eigenvalue weighted by Gasteiger charge is -2.33. The lowest BCUT2D eigenvalue weighted by Crippen LogP contribution is -2.55. The number of carbonyl (C=O) groups excluding carboxylic acids is 1. The Balaban J connectivity index is 1.90. The number of aliphatic carboxylic acids is 1. The Hall–Kier alpha value is -1.98. The number of rotatable bonds is 4. The van der Waals surface area contributed by atoms with Gasteiger partial charge in [0.25, 0.3) is 0 Å². The van der Waals surface area contributed by atoms with E-state index in [1.54, 1.807) is 12.1 Å². The Morgan fingerprint density at radius 2 is 2.11 bits per heavy atom. The summed E-state index contributed by atoms with van der Waals surface area (Å²) in [6.07, 6.45) is 4.24. The highest BCUT2D eigenvalue weighted by Gasteiger charge is 2.41. The van der Waals surface area contributed by atoms with Gasteiger partial charge in [-0.15, -0.1) is 0 Å². The van der Waals surface area contributed by atoms with E-state index in [1.165, 1.54) is 6.26 Å². The highest BCUT2D eigenvalue weighted by Crippen LogP contribution is 2.28. The van der Waals surface area contributed by atoms with Crippen molar-refractivity contribution in [2.45, 2.75) is 44.2 Å². The van der Waals surface area contributed by atoms with Crippen LogP contribution in [0.3, 0.4) is 0 Å². The molecule has 2 rings (SSSR count). The predicted octanol–water partition coefficient (Wildman–Crippen LogP) is 2.29. The van der Waals surface area contributed by atoms with Crippen molar-refractivity contribution in [3.05, 3.63) is 24.2 Å². The summed E-state index contributed by atoms with van der Waals surface area (Å²) in [5.41, 5.74) is -1.18. The molecule has 1 aromatic rings. The molecule has 6 nitrogen and oxygen atoms in total. The third-order valence-electron chi connectivity index (χ3n) is 3.38. The summed E-state index contributed by atoms with van der Waals surface area (Å²) >= 11 is 0. The van der Waals surface area contributed by atoms with E-state index in [0.717, 1.165) is 19.3 Å². The van der Waals surface area contributed by atoms with Gasteiger partial charge < -0.3 is 19.6 Å². The van der Waals surface area contributed by atoms with Gasteiger partial charge in [-0.2, -0.15) is 0 Å². The first kappa shape index (κ1) is 13.5. The molecular weight excluding hydrogens is 250 g/mol. The van der Waals surface area contributed by atoms with E-state index < -0.39 is 17.6 Å². The Morgan fingerprint density at radius 1 is 1.37 bits per heavy atom. The van der Waals surface area contributed by atoms with E-state index in [1.807, 2.05) is 0 Å². The maximum atomic E-state index is 11.7. The second-order valence-electron chi connectivity index (χ2n) is 4.73. The van der Waals surface area contributed by atoms with Crippen LogP contribution >= 0.6 is 0 Å². The minimum atomic E-state index is -1.18. The van der Waals surface area contributed by atoms with Gasteiger partial charge in [0, 0.05) is 0 Å². The Labute approximate surface area is 110 Å². The zero-order chi connectivity index (χ0) is 13.7. The zero-order valence-electron chi connectivity index (χ0n) is 10.6. The fraction of sp³-hybridized carbons (Fsp3) is 0.538. The van der Waals surface area contributed by atoms with Crippen LogP contribution in [-0.4, -0.2) is 22.7 Å². The summed E-state index contributed by atoms with van der Waals surface area (Å²) in [5.74, 6) is -0.481. The molecule has 1 aliphatic rings. The third kappa shape index (κ3) is 3.27. The van der Waals surface area contributed by atoms with Gasteiger partial charge in [0.15, 0.2) is 6.61 Å². The molecule has 1 aliphatic carbocycles. The molecule has 0 radical (unpaired) electrons. The van der Waals surface area contributed by atoms with Crippen molar-refractivity contribution in [3.8, 4) is 0 Å². The highest BCUT2D eigenvalue weighted by molar-refractivity contribution is 5.84. The van der Waals surface area contributed by atoms with Crippen LogP contribution in [0.1, 0.15) is 37.9 Å². The summed E-state index contributed by atoms with van der Waals surface area (Å²) in [6, 6.07) is 3.37. The summed E-state index contributed by atoms with van der Waals surface area (Å²) < 4.78 is 9.98. The van der Waals surface area contributed by atoms with Crippen molar-refractivity contribution in [3.63, 3.8) is 0 Å². The third-order valence-corrected chi connectivity index (χ3v) is 3.38. The number of hydrogen-bond acceptors (Lipinski definition) is 4. The zero-order valence-corrected chi connectivity index (χ0v) is 10.6. The molecule has 6 heteroatoms. The Morgan fingerprint density at radius 3 is 2.68 bits per heavy atom. The van der Waals surface area contributed by atoms with Crippen LogP contribution in [0.25, 0.3) is 0 Å². The highest BCUT2D eigenvalue weighted by atomic mass is 16.6. The molecule has 1 fully saturated rings. The second-order valence-corrected chi connectivity index (χ2v) is 4.73. The van der Waals surface area contributed by atoms with Gasteiger partial charge in [0.2, 0.25) is 0 Å². The van der Waals surface area contributed by atoms with E-state index in [-0.39, 0.29) is 6.61 Å². The first-order valence-corrected chi connectivity index (χ1v) is 6.33. The van der Waals surface area contributed by atoms with E-state index >= 15 is 0 Å². The molecule has 0 bridgehead atoms. The molecule has 1 heterocycles. The lowest BCUT2D eigenvalue weighted by atomic mass is 9.82. The Bertz CT molecular complexity index is 434. The number of carbonyl (C=O) groups is 2. The Kier molecular flexibility index (Phi) is 4.09. The topological polar surface area (TPSA) is 88.8 Å². The number of hydrogen-bond donors (Lipinski definition) is 2. The van der Waals surface area contributed by atoms with Crippen molar-refractivity contribution in [2.24, 2.45) is 0 Å². The van der Waals surface area contributed by atoms with Crippen LogP contribution in [-0.2, 0) is 16.1 Å². The summed E-state index contributed by atoms with van der Waals surface area (Å²) in [6.45, 7) is -0.00542. The van der Waals surface area contributed by atoms with Gasteiger partial charge in [0.05, 0.1) is 6.26 Å². The number of furan rings is 1. The molecule has 19 heavy (non-hydrogen) atoms. The number of carboxylic acid groups (broad SMARTS) is 1. The summed E-state index contributed by atoms with van der Waals surface area (Å²) in [4.78, 5) is 23.0. The molecule has 0 spiro atoms. The van der Waals surface area contributed by atoms with Gasteiger partial charge in [0.1, 0.15) is 11.3 Å². The van der Waals surface area contributed by atoms with Crippen molar-refractivity contribution in [2.75, 3.05) is 0 Å². The number of carboxylic acids is 1. The maximum Gasteiger partial charge on any atom is 0.408 e. The molecule has 0 saturated heterocycles. The van der Waals surface area contributed by atoms with Crippen molar-refractivity contribution < 1.29 is 23.8 Å². The lowest BCUT2D eigenvalue weighted by molar-refractivity contribution is -0.146. The van der Waals surface area contributed by atoms with E-state index in [9.17, 15) is 14.7 Å². The first-order valence-electron chi connectivity index (χ1n) is 6.33. The standard InChI is InChI=1S/C13H17NO5/c15-11(16)13(6-2-1-3-7-13)14-12(17)19-9-10-5-4-8-18-10/h4-5,8H,1-3,6-7,9H2,(H,14,17)(H,15,16). The van der Waals surface area contributed by atoms with Crippen LogP contribution in [0.2, 0.25) is 0 Å². The van der Waals surface area contributed by atoms with Crippen LogP contribution in [0.15, 0.2) is 22.8 Å². The smallest absolute Gasteiger partial charge is 0.408 e. The average Bonchev–Trinajstić information content (AvgIpc) is 2.90. The molecule has 0 atom stereocenters. The molecule has 0 aromatic carbocycles. The fourth-order valence-corrected chi connectivity index (χ4v) is 2.31. The number of ether oxygens (including phenoxy) is 1. The molecule has 1 amide bonds. The van der Waals surface area contributed by atoms with E-state index in [0.29, 0.717) is 18.6 Å². The number of amides is 1.